The summed E-state index contributed by atoms with van der Waals surface area (Å²) in [7, 11) is -10.00. The number of unbranched alkanes of at least 4 members (excludes halogenated alkanes) is 20. The Balaban J connectivity index is 5.46. The van der Waals surface area contributed by atoms with E-state index in [1.807, 2.05) is 18.2 Å². The monoisotopic (exact) mass is 1470 g/mol. The van der Waals surface area contributed by atoms with Crippen molar-refractivity contribution >= 4 is 39.5 Å². The Labute approximate surface area is 617 Å². The SMILES string of the molecule is CC/C=C\C/C=C\C/C=C\C/C=C\C/C=C\CCCCCC(=O)OCC(COP(=O)(O)OCC(O)COP(=O)(O)OCC(COC(=O)C/C=C\C/C=C\C/C=C\C/C=C\C/C=C\CC)OC(=O)CCCCCCC/C=C\C/C=C\C/C=C\CC)OC(=O)CCCCCCCCCCCCCCC. The Morgan fingerprint density at radius 2 is 0.549 bits per heavy atom. The maximum atomic E-state index is 13.1. The van der Waals surface area contributed by atoms with Crippen LogP contribution in [0.4, 0.5) is 0 Å². The van der Waals surface area contributed by atoms with Crippen LogP contribution in [-0.2, 0) is 65.4 Å². The highest BCUT2D eigenvalue weighted by Gasteiger charge is 2.30. The molecule has 3 N–H and O–H groups in total. The molecule has 17 nitrogen and oxygen atoms in total. The number of carbonyl (C=O) groups excluding carboxylic acids is 4. The molecule has 5 unspecified atom stereocenters. The highest BCUT2D eigenvalue weighted by atomic mass is 31.2. The molecule has 0 rings (SSSR count). The van der Waals surface area contributed by atoms with Gasteiger partial charge in [-0.2, -0.15) is 0 Å². The van der Waals surface area contributed by atoms with Gasteiger partial charge in [0.1, 0.15) is 19.3 Å². The Bertz CT molecular complexity index is 2550. The Kier molecular flexibility index (Phi) is 70.1. The van der Waals surface area contributed by atoms with E-state index in [9.17, 15) is 43.2 Å². The Hall–Kier alpha value is -5.32. The molecule has 0 saturated heterocycles. The molecule has 0 radical (unpaired) electrons. The molecule has 0 aromatic heterocycles. The zero-order chi connectivity index (χ0) is 74.6. The van der Waals surface area contributed by atoms with Crippen molar-refractivity contribution in [2.24, 2.45) is 0 Å². The fourth-order valence-corrected chi connectivity index (χ4v) is 11.3. The molecule has 0 aromatic carbocycles. The molecule has 0 aliphatic carbocycles. The summed E-state index contributed by atoms with van der Waals surface area (Å²) in [6.45, 7) is 4.35. The number of hydrogen-bond donors (Lipinski definition) is 3. The van der Waals surface area contributed by atoms with E-state index < -0.39 is 97.5 Å². The number of hydrogen-bond acceptors (Lipinski definition) is 15. The number of aliphatic hydroxyl groups excluding tert-OH is 1. The summed E-state index contributed by atoms with van der Waals surface area (Å²) in [6, 6.07) is 0. The fraction of sp³-hybridized carbons (Fsp3) is 0.639. The summed E-state index contributed by atoms with van der Waals surface area (Å²) in [5.41, 5.74) is 0. The van der Waals surface area contributed by atoms with Crippen LogP contribution >= 0.6 is 15.6 Å². The van der Waals surface area contributed by atoms with Crippen LogP contribution in [0.5, 0.6) is 0 Å². The minimum atomic E-state index is -5.01. The van der Waals surface area contributed by atoms with E-state index in [0.717, 1.165) is 154 Å². The number of ether oxygens (including phenoxy) is 4. The predicted molar refractivity (Wildman–Crippen MR) is 417 cm³/mol. The lowest BCUT2D eigenvalue weighted by molar-refractivity contribution is -0.161. The molecule has 0 aromatic rings. The number of phosphoric acid groups is 2. The van der Waals surface area contributed by atoms with Gasteiger partial charge in [0.15, 0.2) is 12.2 Å². The summed E-state index contributed by atoms with van der Waals surface area (Å²) in [5.74, 6) is -2.38. The predicted octanol–water partition coefficient (Wildman–Crippen LogP) is 22.4. The molecule has 0 aliphatic heterocycles. The second-order valence-corrected chi connectivity index (χ2v) is 28.1. The van der Waals surface area contributed by atoms with Gasteiger partial charge in [-0.25, -0.2) is 9.13 Å². The number of esters is 4. The van der Waals surface area contributed by atoms with Gasteiger partial charge in [0.05, 0.1) is 32.8 Å². The fourth-order valence-electron chi connectivity index (χ4n) is 9.75. The van der Waals surface area contributed by atoms with E-state index in [0.29, 0.717) is 25.7 Å². The van der Waals surface area contributed by atoms with Crippen molar-refractivity contribution in [2.75, 3.05) is 39.6 Å². The summed E-state index contributed by atoms with van der Waals surface area (Å²) in [4.78, 5) is 72.9. The number of carbonyl (C=O) groups is 4. The van der Waals surface area contributed by atoms with Crippen molar-refractivity contribution in [1.82, 2.24) is 0 Å². The average Bonchev–Trinajstić information content (AvgIpc) is 0.908. The lowest BCUT2D eigenvalue weighted by atomic mass is 10.0. The molecule has 102 heavy (non-hydrogen) atoms. The zero-order valence-corrected chi connectivity index (χ0v) is 65.0. The second kappa shape index (κ2) is 74.0. The summed E-state index contributed by atoms with van der Waals surface area (Å²) < 4.78 is 68.4. The van der Waals surface area contributed by atoms with Crippen LogP contribution in [0.2, 0.25) is 0 Å². The van der Waals surface area contributed by atoms with Gasteiger partial charge in [0, 0.05) is 19.3 Å². The normalized spacial score (nSPS) is 14.8. The van der Waals surface area contributed by atoms with Gasteiger partial charge in [0.2, 0.25) is 0 Å². The van der Waals surface area contributed by atoms with Crippen molar-refractivity contribution in [2.45, 2.75) is 303 Å². The van der Waals surface area contributed by atoms with Crippen LogP contribution in [0.3, 0.4) is 0 Å². The maximum absolute atomic E-state index is 13.1. The van der Waals surface area contributed by atoms with Crippen LogP contribution in [-0.4, -0.2) is 96.7 Å². The largest absolute Gasteiger partial charge is 0.472 e. The summed E-state index contributed by atoms with van der Waals surface area (Å²) in [5, 5.41) is 10.6. The van der Waals surface area contributed by atoms with Gasteiger partial charge in [-0.05, 0) is 128 Å². The van der Waals surface area contributed by atoms with E-state index in [1.54, 1.807) is 6.08 Å². The second-order valence-electron chi connectivity index (χ2n) is 25.2. The van der Waals surface area contributed by atoms with Crippen LogP contribution < -0.4 is 0 Å². The molecule has 5 atom stereocenters. The zero-order valence-electron chi connectivity index (χ0n) is 63.2. The molecule has 0 heterocycles. The third-order valence-electron chi connectivity index (χ3n) is 15.5. The Morgan fingerprint density at radius 3 is 0.882 bits per heavy atom. The number of aliphatic hydroxyl groups is 1. The smallest absolute Gasteiger partial charge is 0.462 e. The average molecular weight is 1470 g/mol. The molecule has 0 spiro atoms. The number of allylic oxidation sites excluding steroid dienone is 25. The quantitative estimate of drug-likeness (QED) is 0.0169. The van der Waals surface area contributed by atoms with Gasteiger partial charge in [-0.3, -0.25) is 37.3 Å². The first-order chi connectivity index (χ1) is 49.7. The van der Waals surface area contributed by atoms with E-state index in [-0.39, 0.29) is 25.7 Å². The van der Waals surface area contributed by atoms with Crippen molar-refractivity contribution < 1.29 is 80.2 Å². The maximum Gasteiger partial charge on any atom is 0.472 e. The highest BCUT2D eigenvalue weighted by Crippen LogP contribution is 2.45. The number of rotatable bonds is 71. The van der Waals surface area contributed by atoms with Gasteiger partial charge in [-0.1, -0.05) is 288 Å². The molecule has 0 amide bonds. The van der Waals surface area contributed by atoms with Crippen molar-refractivity contribution in [3.8, 4) is 0 Å². The molecule has 580 valence electrons. The number of phosphoric ester groups is 2. The van der Waals surface area contributed by atoms with E-state index in [1.165, 1.54) is 51.4 Å². The first kappa shape index (κ1) is 96.7. The first-order valence-electron chi connectivity index (χ1n) is 38.7. The molecule has 0 bridgehead atoms. The van der Waals surface area contributed by atoms with E-state index >= 15 is 0 Å². The molecule has 19 heteroatoms. The third-order valence-corrected chi connectivity index (χ3v) is 17.4. The summed E-state index contributed by atoms with van der Waals surface area (Å²) in [6.07, 6.45) is 85.5. The van der Waals surface area contributed by atoms with Crippen LogP contribution in [0, 0.1) is 0 Å². The van der Waals surface area contributed by atoms with E-state index in [2.05, 4.69) is 161 Å². The van der Waals surface area contributed by atoms with E-state index in [4.69, 9.17) is 37.0 Å². The lowest BCUT2D eigenvalue weighted by Gasteiger charge is -2.21. The molecule has 0 aliphatic rings. The van der Waals surface area contributed by atoms with Gasteiger partial charge in [0.25, 0.3) is 0 Å². The van der Waals surface area contributed by atoms with Crippen LogP contribution in [0.1, 0.15) is 285 Å². The van der Waals surface area contributed by atoms with Crippen LogP contribution in [0.25, 0.3) is 0 Å². The van der Waals surface area contributed by atoms with Crippen molar-refractivity contribution in [1.29, 1.82) is 0 Å². The summed E-state index contributed by atoms with van der Waals surface area (Å²) >= 11 is 0. The molecular formula is C83H136O17P2. The minimum absolute atomic E-state index is 0.0508. The Morgan fingerprint density at radius 1 is 0.294 bits per heavy atom. The third kappa shape index (κ3) is 73.0. The van der Waals surface area contributed by atoms with Crippen molar-refractivity contribution in [3.63, 3.8) is 0 Å². The van der Waals surface area contributed by atoms with Gasteiger partial charge >= 0.3 is 39.5 Å². The van der Waals surface area contributed by atoms with Gasteiger partial charge < -0.3 is 33.8 Å². The molecule has 0 saturated carbocycles. The van der Waals surface area contributed by atoms with Crippen LogP contribution in [0.15, 0.2) is 158 Å². The van der Waals surface area contributed by atoms with Crippen molar-refractivity contribution in [3.05, 3.63) is 158 Å². The lowest BCUT2D eigenvalue weighted by Crippen LogP contribution is -2.30. The highest BCUT2D eigenvalue weighted by molar-refractivity contribution is 7.47. The first-order valence-corrected chi connectivity index (χ1v) is 41.7. The minimum Gasteiger partial charge on any atom is -0.462 e. The molecule has 0 fully saturated rings. The topological polar surface area (TPSA) is 237 Å². The molecular weight excluding hydrogens is 1330 g/mol. The standard InChI is InChI=1S/C83H136O17P2/c1-5-9-13-17-21-25-29-33-36-37-38-39-42-45-48-52-56-60-64-68-81(86)94-73-78(99-82(87)69-65-61-57-53-49-43-32-28-24-20-16-12-8-4)75-97-101(89,90)95-71-77(84)72-96-102(91,92)98-76-79(100-83(88)70-66-62-58-54-50-46-41-35-31-27-23-19-15-11-7-3)74-93-80(85)67-63-59-55-51-47-44-40-34-30-26-22-18-14-10-6-2/h9-11,13-15,21-23,25-27,33-36,38-41,45,47-48,51,59,63,77-79,84H,5-8,12,16-20,24,28-32,37,42-44,46,49-50,52-58,60-62,64-76H2,1-4H3,(H,89,90)(H,91,92)/b13-9-,14-10-,15-11-,25-21-,26-22-,27-23-,36-33-,39-38-,40-34-,41-35-,48-45-,51-47-,63-59-. The van der Waals surface area contributed by atoms with Gasteiger partial charge in [-0.15, -0.1) is 0 Å².